The number of carbonyl (C=O) groups excluding carboxylic acids is 1. The van der Waals surface area contributed by atoms with Crippen LogP contribution in [0, 0.1) is 0 Å². The molecule has 4 rings (SSSR count). The maximum absolute atomic E-state index is 12.6. The summed E-state index contributed by atoms with van der Waals surface area (Å²) in [6.45, 7) is 2.46. The van der Waals surface area contributed by atoms with Gasteiger partial charge in [-0.15, -0.1) is 0 Å². The van der Waals surface area contributed by atoms with E-state index >= 15 is 0 Å². The Balaban J connectivity index is 1.60. The fourth-order valence-electron chi connectivity index (χ4n) is 4.20. The summed E-state index contributed by atoms with van der Waals surface area (Å²) in [6, 6.07) is 6.65. The van der Waals surface area contributed by atoms with Gasteiger partial charge in [0.15, 0.2) is 0 Å². The maximum atomic E-state index is 12.6. The molecule has 0 spiro atoms. The fraction of sp³-hybridized carbons (Fsp3) is 0.579. The highest BCUT2D eigenvalue weighted by atomic mass is 16.2. The molecule has 0 unspecified atom stereocenters. The molecule has 1 amide bonds. The minimum absolute atomic E-state index is 0.120. The minimum Gasteiger partial charge on any atom is -0.352 e. The van der Waals surface area contributed by atoms with Crippen molar-refractivity contribution < 1.29 is 4.79 Å². The predicted octanol–water partition coefficient (Wildman–Crippen LogP) is 2.56. The first-order chi connectivity index (χ1) is 11.8. The van der Waals surface area contributed by atoms with Crippen molar-refractivity contribution in [3.8, 4) is 0 Å². The predicted molar refractivity (Wildman–Crippen MR) is 95.0 cm³/mol. The molecule has 2 aromatic rings. The molecule has 0 radical (unpaired) electrons. The normalized spacial score (nSPS) is 22.1. The first-order valence-electron chi connectivity index (χ1n) is 9.25. The average Bonchev–Trinajstić information content (AvgIpc) is 3.24. The SMILES string of the molecule is O=C(Cn1c([C@H]2CCCNC2)cc2cccnc21)NC1CCCC1. The zero-order chi connectivity index (χ0) is 16.4. The van der Waals surface area contributed by atoms with Gasteiger partial charge in [0.1, 0.15) is 12.2 Å². The van der Waals surface area contributed by atoms with Crippen molar-refractivity contribution >= 4 is 16.9 Å². The second-order valence-corrected chi connectivity index (χ2v) is 7.16. The van der Waals surface area contributed by atoms with Gasteiger partial charge in [0.05, 0.1) is 0 Å². The molecule has 1 aliphatic heterocycles. The molecule has 3 heterocycles. The van der Waals surface area contributed by atoms with Gasteiger partial charge in [-0.25, -0.2) is 4.98 Å². The van der Waals surface area contributed by atoms with Gasteiger partial charge >= 0.3 is 0 Å². The Kier molecular flexibility index (Phi) is 4.52. The van der Waals surface area contributed by atoms with Gasteiger partial charge < -0.3 is 15.2 Å². The number of amides is 1. The van der Waals surface area contributed by atoms with Crippen molar-refractivity contribution in [2.75, 3.05) is 13.1 Å². The number of hydrogen-bond donors (Lipinski definition) is 2. The second kappa shape index (κ2) is 6.93. The van der Waals surface area contributed by atoms with Gasteiger partial charge in [-0.1, -0.05) is 12.8 Å². The molecule has 0 aromatic carbocycles. The van der Waals surface area contributed by atoms with Crippen LogP contribution in [-0.2, 0) is 11.3 Å². The van der Waals surface area contributed by atoms with Gasteiger partial charge in [-0.2, -0.15) is 0 Å². The Morgan fingerprint density at radius 3 is 2.96 bits per heavy atom. The van der Waals surface area contributed by atoms with Crippen LogP contribution >= 0.6 is 0 Å². The van der Waals surface area contributed by atoms with Crippen LogP contribution in [0.15, 0.2) is 24.4 Å². The molecule has 2 aliphatic rings. The summed E-state index contributed by atoms with van der Waals surface area (Å²) < 4.78 is 2.14. The Hall–Kier alpha value is -1.88. The third kappa shape index (κ3) is 3.18. The highest BCUT2D eigenvalue weighted by Crippen LogP contribution is 2.28. The van der Waals surface area contributed by atoms with Crippen LogP contribution in [0.1, 0.15) is 50.1 Å². The molecule has 2 N–H and O–H groups in total. The van der Waals surface area contributed by atoms with Crippen molar-refractivity contribution in [1.29, 1.82) is 0 Å². The summed E-state index contributed by atoms with van der Waals surface area (Å²) >= 11 is 0. The Morgan fingerprint density at radius 2 is 2.17 bits per heavy atom. The molecule has 2 fully saturated rings. The molecular formula is C19H26N4O. The Morgan fingerprint density at radius 1 is 1.29 bits per heavy atom. The summed E-state index contributed by atoms with van der Waals surface area (Å²) in [5.74, 6) is 0.585. The zero-order valence-corrected chi connectivity index (χ0v) is 14.1. The molecule has 1 saturated carbocycles. The lowest BCUT2D eigenvalue weighted by atomic mass is 9.96. The Labute approximate surface area is 142 Å². The summed E-state index contributed by atoms with van der Waals surface area (Å²) in [7, 11) is 0. The number of piperidine rings is 1. The van der Waals surface area contributed by atoms with Crippen LogP contribution in [0.4, 0.5) is 0 Å². The molecular weight excluding hydrogens is 300 g/mol. The van der Waals surface area contributed by atoms with Gasteiger partial charge in [-0.3, -0.25) is 4.79 Å². The number of nitrogens with zero attached hydrogens (tertiary/aromatic N) is 2. The molecule has 1 saturated heterocycles. The van der Waals surface area contributed by atoms with Crippen molar-refractivity contribution in [3.05, 3.63) is 30.1 Å². The minimum atomic E-state index is 0.120. The summed E-state index contributed by atoms with van der Waals surface area (Å²) in [6.07, 6.45) is 8.89. The van der Waals surface area contributed by atoms with Gasteiger partial charge in [-0.05, 0) is 50.4 Å². The molecule has 1 aliphatic carbocycles. The first-order valence-corrected chi connectivity index (χ1v) is 9.25. The van der Waals surface area contributed by atoms with E-state index in [0.29, 0.717) is 18.5 Å². The van der Waals surface area contributed by atoms with Crippen LogP contribution < -0.4 is 10.6 Å². The number of hydrogen-bond acceptors (Lipinski definition) is 3. The van der Waals surface area contributed by atoms with Crippen molar-refractivity contribution in [2.24, 2.45) is 0 Å². The van der Waals surface area contributed by atoms with Crippen LogP contribution in [0.5, 0.6) is 0 Å². The maximum Gasteiger partial charge on any atom is 0.240 e. The molecule has 128 valence electrons. The molecule has 24 heavy (non-hydrogen) atoms. The summed E-state index contributed by atoms with van der Waals surface area (Å²) in [4.78, 5) is 17.1. The van der Waals surface area contributed by atoms with E-state index in [1.165, 1.54) is 31.4 Å². The highest BCUT2D eigenvalue weighted by Gasteiger charge is 2.23. The van der Waals surface area contributed by atoms with E-state index in [2.05, 4.69) is 32.3 Å². The molecule has 0 bridgehead atoms. The third-order valence-electron chi connectivity index (χ3n) is 5.42. The first kappa shape index (κ1) is 15.6. The number of carbonyl (C=O) groups is 1. The van der Waals surface area contributed by atoms with E-state index in [4.69, 9.17) is 0 Å². The van der Waals surface area contributed by atoms with E-state index in [9.17, 15) is 4.79 Å². The van der Waals surface area contributed by atoms with Crippen molar-refractivity contribution in [1.82, 2.24) is 20.2 Å². The number of nitrogens with one attached hydrogen (secondary N) is 2. The zero-order valence-electron chi connectivity index (χ0n) is 14.1. The second-order valence-electron chi connectivity index (χ2n) is 7.16. The van der Waals surface area contributed by atoms with Crippen LogP contribution in [0.3, 0.4) is 0 Å². The number of pyridine rings is 1. The average molecular weight is 326 g/mol. The van der Waals surface area contributed by atoms with Gasteiger partial charge in [0.25, 0.3) is 0 Å². The van der Waals surface area contributed by atoms with E-state index in [1.54, 1.807) is 0 Å². The lowest BCUT2D eigenvalue weighted by Gasteiger charge is -2.24. The van der Waals surface area contributed by atoms with E-state index in [0.717, 1.165) is 37.0 Å². The van der Waals surface area contributed by atoms with E-state index in [-0.39, 0.29) is 5.91 Å². The number of aromatic nitrogens is 2. The van der Waals surface area contributed by atoms with Crippen LogP contribution in [0.25, 0.3) is 11.0 Å². The quantitative estimate of drug-likeness (QED) is 0.908. The third-order valence-corrected chi connectivity index (χ3v) is 5.42. The Bertz CT molecular complexity index is 711. The molecule has 2 aromatic heterocycles. The standard InChI is InChI=1S/C19H26N4O/c24-18(22-16-7-1-2-8-16)13-23-17(15-6-3-9-20-12-15)11-14-5-4-10-21-19(14)23/h4-5,10-11,15-16,20H,1-3,6-9,12-13H2,(H,22,24)/t15-/m0/s1. The van der Waals surface area contributed by atoms with Crippen molar-refractivity contribution in [3.63, 3.8) is 0 Å². The highest BCUT2D eigenvalue weighted by molar-refractivity contribution is 5.82. The fourth-order valence-corrected chi connectivity index (χ4v) is 4.20. The lowest BCUT2D eigenvalue weighted by Crippen LogP contribution is -2.36. The van der Waals surface area contributed by atoms with Crippen LogP contribution in [-0.4, -0.2) is 34.6 Å². The summed E-state index contributed by atoms with van der Waals surface area (Å²) in [5, 5.41) is 7.82. The monoisotopic (exact) mass is 326 g/mol. The van der Waals surface area contributed by atoms with Crippen molar-refractivity contribution in [2.45, 2.75) is 57.0 Å². The van der Waals surface area contributed by atoms with E-state index in [1.807, 2.05) is 12.3 Å². The van der Waals surface area contributed by atoms with Gasteiger partial charge in [0.2, 0.25) is 5.91 Å². The van der Waals surface area contributed by atoms with E-state index < -0.39 is 0 Å². The summed E-state index contributed by atoms with van der Waals surface area (Å²) in [5.41, 5.74) is 2.18. The smallest absolute Gasteiger partial charge is 0.240 e. The number of rotatable bonds is 4. The lowest BCUT2D eigenvalue weighted by molar-refractivity contribution is -0.122. The molecule has 5 nitrogen and oxygen atoms in total. The van der Waals surface area contributed by atoms with Gasteiger partial charge in [0, 0.05) is 35.8 Å². The molecule has 5 heteroatoms. The van der Waals surface area contributed by atoms with Crippen LogP contribution in [0.2, 0.25) is 0 Å². The molecule has 1 atom stereocenters. The number of fused-ring (bicyclic) bond motifs is 1. The topological polar surface area (TPSA) is 59.0 Å². The largest absolute Gasteiger partial charge is 0.352 e.